The van der Waals surface area contributed by atoms with Crippen LogP contribution in [0.25, 0.3) is 11.1 Å². The Kier molecular flexibility index (Phi) is 4.94. The lowest BCUT2D eigenvalue weighted by Gasteiger charge is -2.08. The van der Waals surface area contributed by atoms with Crippen molar-refractivity contribution in [2.75, 3.05) is 6.61 Å². The van der Waals surface area contributed by atoms with Crippen LogP contribution in [0.5, 0.6) is 5.75 Å². The number of aliphatic carboxylic acids is 1. The lowest BCUT2D eigenvalue weighted by atomic mass is 9.98. The van der Waals surface area contributed by atoms with E-state index in [0.717, 1.165) is 16.9 Å². The van der Waals surface area contributed by atoms with E-state index in [1.165, 1.54) is 0 Å². The Labute approximate surface area is 163 Å². The number of carbonyl (C=O) groups excluding carboxylic acids is 1. The van der Waals surface area contributed by atoms with Crippen molar-refractivity contribution in [2.45, 2.75) is 6.42 Å². The van der Waals surface area contributed by atoms with Gasteiger partial charge in [-0.3, -0.25) is 9.59 Å². The van der Waals surface area contributed by atoms with E-state index in [9.17, 15) is 9.59 Å². The quantitative estimate of drug-likeness (QED) is 0.612. The monoisotopic (exact) mass is 372 g/mol. The predicted octanol–water partition coefficient (Wildman–Crippen LogP) is 4.68. The molecule has 0 heterocycles. The van der Waals surface area contributed by atoms with Gasteiger partial charge >= 0.3 is 5.97 Å². The molecule has 0 aromatic heterocycles. The third-order valence-corrected chi connectivity index (χ3v) is 5.05. The molecule has 0 bridgehead atoms. The first kappa shape index (κ1) is 18.0. The molecule has 1 aliphatic carbocycles. The van der Waals surface area contributed by atoms with Gasteiger partial charge in [0.15, 0.2) is 5.78 Å². The first-order chi connectivity index (χ1) is 13.6. The summed E-state index contributed by atoms with van der Waals surface area (Å²) in [6.07, 6.45) is 0.690. The summed E-state index contributed by atoms with van der Waals surface area (Å²) in [5, 5.41) is 8.94. The van der Waals surface area contributed by atoms with Gasteiger partial charge in [0.25, 0.3) is 0 Å². The normalized spacial score (nSPS) is 17.7. The van der Waals surface area contributed by atoms with E-state index in [1.807, 2.05) is 78.9 Å². The van der Waals surface area contributed by atoms with Crippen LogP contribution in [0.3, 0.4) is 0 Å². The predicted molar refractivity (Wildman–Crippen MR) is 106 cm³/mol. The average Bonchev–Trinajstić information content (AvgIpc) is 3.53. The Morgan fingerprint density at radius 2 is 1.57 bits per heavy atom. The molecule has 3 aromatic carbocycles. The van der Waals surface area contributed by atoms with E-state index in [2.05, 4.69) is 0 Å². The summed E-state index contributed by atoms with van der Waals surface area (Å²) < 4.78 is 5.70. The Bertz CT molecular complexity index is 993. The molecule has 1 aliphatic rings. The van der Waals surface area contributed by atoms with E-state index < -0.39 is 5.97 Å². The molecule has 3 aromatic rings. The fourth-order valence-electron chi connectivity index (χ4n) is 3.28. The molecule has 2 atom stereocenters. The molecule has 0 radical (unpaired) electrons. The van der Waals surface area contributed by atoms with Gasteiger partial charge in [0.05, 0.1) is 12.5 Å². The summed E-state index contributed by atoms with van der Waals surface area (Å²) in [5.74, 6) is -0.174. The highest BCUT2D eigenvalue weighted by Crippen LogP contribution is 2.39. The molecule has 4 rings (SSSR count). The molecule has 28 heavy (non-hydrogen) atoms. The van der Waals surface area contributed by atoms with Gasteiger partial charge in [-0.05, 0) is 35.7 Å². The second kappa shape index (κ2) is 7.69. The van der Waals surface area contributed by atoms with Crippen LogP contribution in [0.4, 0.5) is 0 Å². The molecule has 0 unspecified atom stereocenters. The van der Waals surface area contributed by atoms with Crippen molar-refractivity contribution in [3.8, 4) is 16.9 Å². The SMILES string of the molecule is O=C(c1ccccc1)c1cccc(-c2ccc(OC[C@@H]3C[C@H]3C(=O)O)cc2)c1. The Morgan fingerprint density at radius 1 is 0.857 bits per heavy atom. The molecule has 1 N–H and O–H groups in total. The lowest BCUT2D eigenvalue weighted by molar-refractivity contribution is -0.138. The minimum Gasteiger partial charge on any atom is -0.493 e. The number of hydrogen-bond acceptors (Lipinski definition) is 3. The first-order valence-electron chi connectivity index (χ1n) is 9.27. The van der Waals surface area contributed by atoms with Gasteiger partial charge in [-0.1, -0.05) is 60.7 Å². The van der Waals surface area contributed by atoms with Gasteiger partial charge < -0.3 is 9.84 Å². The zero-order chi connectivity index (χ0) is 19.5. The van der Waals surface area contributed by atoms with Gasteiger partial charge in [0.2, 0.25) is 0 Å². The fourth-order valence-corrected chi connectivity index (χ4v) is 3.28. The van der Waals surface area contributed by atoms with Crippen molar-refractivity contribution in [2.24, 2.45) is 11.8 Å². The van der Waals surface area contributed by atoms with E-state index in [4.69, 9.17) is 9.84 Å². The summed E-state index contributed by atoms with van der Waals surface area (Å²) in [5.41, 5.74) is 3.27. The molecule has 4 nitrogen and oxygen atoms in total. The van der Waals surface area contributed by atoms with E-state index in [-0.39, 0.29) is 17.6 Å². The van der Waals surface area contributed by atoms with Crippen LogP contribution in [0.2, 0.25) is 0 Å². The summed E-state index contributed by atoms with van der Waals surface area (Å²) in [7, 11) is 0. The molecular formula is C24H20O4. The highest BCUT2D eigenvalue weighted by atomic mass is 16.5. The fraction of sp³-hybridized carbons (Fsp3) is 0.167. The number of rotatable bonds is 7. The number of hydrogen-bond donors (Lipinski definition) is 1. The van der Waals surface area contributed by atoms with Crippen molar-refractivity contribution in [1.82, 2.24) is 0 Å². The number of ketones is 1. The van der Waals surface area contributed by atoms with Crippen LogP contribution < -0.4 is 4.74 Å². The maximum Gasteiger partial charge on any atom is 0.306 e. The van der Waals surface area contributed by atoms with E-state index >= 15 is 0 Å². The second-order valence-corrected chi connectivity index (χ2v) is 7.05. The average molecular weight is 372 g/mol. The smallest absolute Gasteiger partial charge is 0.306 e. The zero-order valence-electron chi connectivity index (χ0n) is 15.2. The van der Waals surface area contributed by atoms with Crippen molar-refractivity contribution >= 4 is 11.8 Å². The van der Waals surface area contributed by atoms with Gasteiger partial charge in [-0.2, -0.15) is 0 Å². The van der Waals surface area contributed by atoms with Crippen LogP contribution >= 0.6 is 0 Å². The Morgan fingerprint density at radius 3 is 2.25 bits per heavy atom. The summed E-state index contributed by atoms with van der Waals surface area (Å²) in [6, 6.07) is 24.5. The minimum atomic E-state index is -0.742. The third kappa shape index (κ3) is 3.96. The van der Waals surface area contributed by atoms with Gasteiger partial charge in [0, 0.05) is 17.0 Å². The standard InChI is InChI=1S/C24H20O4/c25-23(17-5-2-1-3-6-17)19-8-4-7-18(13-19)16-9-11-21(12-10-16)28-15-20-14-22(20)24(26)27/h1-13,20,22H,14-15H2,(H,26,27)/t20-,22+/m0/s1. The zero-order valence-corrected chi connectivity index (χ0v) is 15.2. The second-order valence-electron chi connectivity index (χ2n) is 7.05. The van der Waals surface area contributed by atoms with Crippen LogP contribution in [-0.2, 0) is 4.79 Å². The summed E-state index contributed by atoms with van der Waals surface area (Å²) in [6.45, 7) is 0.428. The van der Waals surface area contributed by atoms with E-state index in [0.29, 0.717) is 24.2 Å². The third-order valence-electron chi connectivity index (χ3n) is 5.05. The van der Waals surface area contributed by atoms with Crippen molar-refractivity contribution in [1.29, 1.82) is 0 Å². The van der Waals surface area contributed by atoms with Gasteiger partial charge in [0.1, 0.15) is 5.75 Å². The maximum atomic E-state index is 12.7. The maximum absolute atomic E-state index is 12.7. The van der Waals surface area contributed by atoms with Crippen LogP contribution in [-0.4, -0.2) is 23.5 Å². The number of carbonyl (C=O) groups is 2. The highest BCUT2D eigenvalue weighted by Gasteiger charge is 2.43. The molecule has 0 spiro atoms. The summed E-state index contributed by atoms with van der Waals surface area (Å²) in [4.78, 5) is 23.5. The van der Waals surface area contributed by atoms with Gasteiger partial charge in [-0.15, -0.1) is 0 Å². The first-order valence-corrected chi connectivity index (χ1v) is 9.27. The highest BCUT2D eigenvalue weighted by molar-refractivity contribution is 6.09. The van der Waals surface area contributed by atoms with Crippen LogP contribution in [0, 0.1) is 11.8 Å². The lowest BCUT2D eigenvalue weighted by Crippen LogP contribution is -2.06. The van der Waals surface area contributed by atoms with Crippen molar-refractivity contribution < 1.29 is 19.4 Å². The van der Waals surface area contributed by atoms with Crippen LogP contribution in [0.1, 0.15) is 22.3 Å². The number of ether oxygens (including phenoxy) is 1. The van der Waals surface area contributed by atoms with Gasteiger partial charge in [-0.25, -0.2) is 0 Å². The molecule has 0 aliphatic heterocycles. The van der Waals surface area contributed by atoms with E-state index in [1.54, 1.807) is 0 Å². The molecule has 0 saturated heterocycles. The molecular weight excluding hydrogens is 352 g/mol. The Balaban J connectivity index is 1.44. The minimum absolute atomic E-state index is 0.000165. The topological polar surface area (TPSA) is 63.6 Å². The molecule has 1 saturated carbocycles. The summed E-state index contributed by atoms with van der Waals surface area (Å²) >= 11 is 0. The number of carboxylic acids is 1. The van der Waals surface area contributed by atoms with Crippen LogP contribution in [0.15, 0.2) is 78.9 Å². The molecule has 140 valence electrons. The van der Waals surface area contributed by atoms with Crippen molar-refractivity contribution in [3.05, 3.63) is 90.0 Å². The molecule has 0 amide bonds. The Hall–Kier alpha value is -3.40. The number of carboxylic acid groups (broad SMARTS) is 1. The molecule has 1 fully saturated rings. The largest absolute Gasteiger partial charge is 0.493 e. The molecule has 4 heteroatoms. The number of benzene rings is 3. The van der Waals surface area contributed by atoms with Crippen molar-refractivity contribution in [3.63, 3.8) is 0 Å².